The van der Waals surface area contributed by atoms with E-state index in [1.165, 1.54) is 36.9 Å². The van der Waals surface area contributed by atoms with E-state index in [0.717, 1.165) is 11.3 Å². The molecule has 2 rings (SSSR count). The van der Waals surface area contributed by atoms with Gasteiger partial charge in [0.15, 0.2) is 9.84 Å². The molecule has 0 aliphatic heterocycles. The molecule has 1 heterocycles. The number of allylic oxidation sites excluding steroid dienone is 2. The average molecular weight is 507 g/mol. The second-order valence-electron chi connectivity index (χ2n) is 6.32. The Kier molecular flexibility index (Phi) is 8.93. The Morgan fingerprint density at radius 3 is 2.62 bits per heavy atom. The van der Waals surface area contributed by atoms with E-state index in [0.29, 0.717) is 21.4 Å². The zero-order chi connectivity index (χ0) is 23.9. The monoisotopic (exact) mass is 506 g/mol. The molecule has 0 aliphatic rings. The van der Waals surface area contributed by atoms with Crippen molar-refractivity contribution in [3.63, 3.8) is 0 Å². The van der Waals surface area contributed by atoms with Crippen LogP contribution in [0.15, 0.2) is 58.1 Å². The van der Waals surface area contributed by atoms with Gasteiger partial charge >= 0.3 is 12.1 Å². The van der Waals surface area contributed by atoms with Gasteiger partial charge in [-0.2, -0.15) is 13.2 Å². The third kappa shape index (κ3) is 7.10. The predicted molar refractivity (Wildman–Crippen MR) is 122 cm³/mol. The summed E-state index contributed by atoms with van der Waals surface area (Å²) in [6.07, 6.45) is -2.37. The second-order valence-corrected chi connectivity index (χ2v) is 10.5. The Bertz CT molecular complexity index is 1120. The normalized spacial score (nSPS) is 13.3. The zero-order valence-corrected chi connectivity index (χ0v) is 19.6. The van der Waals surface area contributed by atoms with Gasteiger partial charge in [-0.1, -0.05) is 19.1 Å². The maximum absolute atomic E-state index is 13.0. The van der Waals surface area contributed by atoms with E-state index in [1.807, 2.05) is 0 Å². The summed E-state index contributed by atoms with van der Waals surface area (Å²) >= 11 is 2.36. The van der Waals surface area contributed by atoms with Crippen LogP contribution in [0.2, 0.25) is 0 Å². The standard InChI is InChI=1S/C20H21F3N2O4S3/c1-3-32(27,28)14-6-4-5-13(9-14)16-7-8-17(31-16)15(10-18(24)20(21,22)23)25-11-19(26)29-12-30-2/h4-10H,3,11-12,24H2,1-2H3. The van der Waals surface area contributed by atoms with Crippen molar-refractivity contribution in [1.82, 2.24) is 0 Å². The maximum atomic E-state index is 13.0. The number of aliphatic imine (C=N–C) groups is 1. The molecule has 6 nitrogen and oxygen atoms in total. The third-order valence-electron chi connectivity index (χ3n) is 4.05. The predicted octanol–water partition coefficient (Wildman–Crippen LogP) is 4.27. The fourth-order valence-electron chi connectivity index (χ4n) is 2.38. The van der Waals surface area contributed by atoms with Crippen molar-refractivity contribution < 1.29 is 31.1 Å². The van der Waals surface area contributed by atoms with Crippen LogP contribution in [0.3, 0.4) is 0 Å². The van der Waals surface area contributed by atoms with Gasteiger partial charge in [0.05, 0.1) is 21.2 Å². The number of thiophene rings is 1. The van der Waals surface area contributed by atoms with Gasteiger partial charge < -0.3 is 10.5 Å². The van der Waals surface area contributed by atoms with Crippen LogP contribution in [-0.4, -0.2) is 50.8 Å². The summed E-state index contributed by atoms with van der Waals surface area (Å²) in [6, 6.07) is 9.45. The minimum Gasteiger partial charge on any atom is -0.453 e. The Hall–Kier alpha value is -2.31. The third-order valence-corrected chi connectivity index (χ3v) is 7.29. The number of ether oxygens (including phenoxy) is 1. The van der Waals surface area contributed by atoms with E-state index < -0.39 is 34.2 Å². The number of nitrogens with zero attached hydrogens (tertiary/aromatic N) is 1. The first-order chi connectivity index (χ1) is 15.0. The molecular formula is C20H21F3N2O4S3. The first kappa shape index (κ1) is 25.9. The number of sulfone groups is 1. The number of benzene rings is 1. The van der Waals surface area contributed by atoms with Crippen LogP contribution in [0.25, 0.3) is 10.4 Å². The van der Waals surface area contributed by atoms with Crippen molar-refractivity contribution in [3.8, 4) is 10.4 Å². The van der Waals surface area contributed by atoms with Crippen molar-refractivity contribution in [1.29, 1.82) is 0 Å². The van der Waals surface area contributed by atoms with Crippen molar-refractivity contribution >= 4 is 44.6 Å². The van der Waals surface area contributed by atoms with Crippen LogP contribution < -0.4 is 5.73 Å². The van der Waals surface area contributed by atoms with Crippen molar-refractivity contribution in [2.24, 2.45) is 10.7 Å². The van der Waals surface area contributed by atoms with Crippen LogP contribution in [0.5, 0.6) is 0 Å². The van der Waals surface area contributed by atoms with Gasteiger partial charge in [0.2, 0.25) is 0 Å². The summed E-state index contributed by atoms with van der Waals surface area (Å²) in [5.74, 6) is -0.647. The van der Waals surface area contributed by atoms with E-state index in [2.05, 4.69) is 4.99 Å². The Labute approximate surface area is 192 Å². The Morgan fingerprint density at radius 2 is 2.00 bits per heavy atom. The summed E-state index contributed by atoms with van der Waals surface area (Å²) in [5.41, 5.74) is 4.24. The lowest BCUT2D eigenvalue weighted by molar-refractivity contribution is -0.139. The lowest BCUT2D eigenvalue weighted by Crippen LogP contribution is -2.21. The molecule has 0 amide bonds. The molecule has 0 atom stereocenters. The molecule has 2 aromatic rings. The molecule has 12 heteroatoms. The SMILES string of the molecule is CCS(=O)(=O)c1cccc(-c2ccc(C(C=C(N)C(F)(F)F)=NCC(=O)OCSC)s2)c1. The van der Waals surface area contributed by atoms with Gasteiger partial charge in [-0.05, 0) is 42.2 Å². The molecule has 174 valence electrons. The number of thioether (sulfide) groups is 1. The van der Waals surface area contributed by atoms with Gasteiger partial charge in [-0.3, -0.25) is 9.79 Å². The minimum atomic E-state index is -4.76. The number of rotatable bonds is 9. The number of esters is 1. The maximum Gasteiger partial charge on any atom is 0.430 e. The molecule has 0 radical (unpaired) electrons. The van der Waals surface area contributed by atoms with Crippen molar-refractivity contribution in [2.75, 3.05) is 24.5 Å². The number of hydrogen-bond acceptors (Lipinski definition) is 8. The van der Waals surface area contributed by atoms with E-state index in [9.17, 15) is 26.4 Å². The van der Waals surface area contributed by atoms with Gasteiger partial charge in [0.1, 0.15) is 18.2 Å². The summed E-state index contributed by atoms with van der Waals surface area (Å²) in [5, 5.41) is 0. The first-order valence-electron chi connectivity index (χ1n) is 9.14. The molecule has 0 aliphatic carbocycles. The van der Waals surface area contributed by atoms with Crippen LogP contribution in [0.4, 0.5) is 13.2 Å². The highest BCUT2D eigenvalue weighted by Crippen LogP contribution is 2.31. The van der Waals surface area contributed by atoms with Crippen LogP contribution in [-0.2, 0) is 19.4 Å². The molecule has 0 saturated heterocycles. The van der Waals surface area contributed by atoms with Gasteiger partial charge in [-0.15, -0.1) is 23.1 Å². The molecule has 0 spiro atoms. The number of hydrogen-bond donors (Lipinski definition) is 1. The minimum absolute atomic E-state index is 0.0584. The van der Waals surface area contributed by atoms with Crippen LogP contribution in [0, 0.1) is 0 Å². The molecule has 0 unspecified atom stereocenters. The van der Waals surface area contributed by atoms with Crippen LogP contribution >= 0.6 is 23.1 Å². The zero-order valence-electron chi connectivity index (χ0n) is 17.2. The number of carbonyl (C=O) groups excluding carboxylic acids is 1. The second kappa shape index (κ2) is 11.0. The van der Waals surface area contributed by atoms with E-state index >= 15 is 0 Å². The van der Waals surface area contributed by atoms with Gasteiger partial charge in [-0.25, -0.2) is 8.42 Å². The summed E-state index contributed by atoms with van der Waals surface area (Å²) in [6.45, 7) is 1.06. The topological polar surface area (TPSA) is 98.8 Å². The fourth-order valence-corrected chi connectivity index (χ4v) is 4.54. The number of nitrogens with two attached hydrogens (primary N) is 1. The van der Waals surface area contributed by atoms with Crippen molar-refractivity contribution in [2.45, 2.75) is 18.0 Å². The lowest BCUT2D eigenvalue weighted by atomic mass is 10.2. The van der Waals surface area contributed by atoms with Crippen LogP contribution in [0.1, 0.15) is 11.8 Å². The quantitative estimate of drug-likeness (QED) is 0.310. The van der Waals surface area contributed by atoms with E-state index in [-0.39, 0.29) is 22.3 Å². The molecular weight excluding hydrogens is 485 g/mol. The first-order valence-corrected chi connectivity index (χ1v) is 13.0. The Morgan fingerprint density at radius 1 is 1.28 bits per heavy atom. The summed E-state index contributed by atoms with van der Waals surface area (Å²) < 4.78 is 68.0. The van der Waals surface area contributed by atoms with Crippen molar-refractivity contribution in [3.05, 3.63) is 53.0 Å². The summed E-state index contributed by atoms with van der Waals surface area (Å²) in [7, 11) is -3.42. The lowest BCUT2D eigenvalue weighted by Gasteiger charge is -2.07. The molecule has 0 fully saturated rings. The van der Waals surface area contributed by atoms with E-state index in [4.69, 9.17) is 10.5 Å². The molecule has 1 aromatic carbocycles. The molecule has 0 saturated carbocycles. The highest BCUT2D eigenvalue weighted by Gasteiger charge is 2.32. The smallest absolute Gasteiger partial charge is 0.430 e. The molecule has 1 aromatic heterocycles. The average Bonchev–Trinajstić information content (AvgIpc) is 3.24. The fraction of sp³-hybridized carbons (Fsp3) is 0.300. The largest absolute Gasteiger partial charge is 0.453 e. The van der Waals surface area contributed by atoms with Gasteiger partial charge in [0.25, 0.3) is 0 Å². The van der Waals surface area contributed by atoms with E-state index in [1.54, 1.807) is 24.5 Å². The van der Waals surface area contributed by atoms with Gasteiger partial charge in [0, 0.05) is 4.88 Å². The highest BCUT2D eigenvalue weighted by atomic mass is 32.2. The molecule has 0 bridgehead atoms. The number of halogens is 3. The Balaban J connectivity index is 2.42. The number of alkyl halides is 3. The molecule has 32 heavy (non-hydrogen) atoms. The molecule has 2 N–H and O–H groups in total. The summed E-state index contributed by atoms with van der Waals surface area (Å²) in [4.78, 5) is 16.8. The highest BCUT2D eigenvalue weighted by molar-refractivity contribution is 7.98. The number of carbonyl (C=O) groups is 1.